The summed E-state index contributed by atoms with van der Waals surface area (Å²) < 4.78 is 5.22. The van der Waals surface area contributed by atoms with Gasteiger partial charge in [-0.05, 0) is 50.8 Å². The first-order valence-electron chi connectivity index (χ1n) is 8.92. The van der Waals surface area contributed by atoms with Gasteiger partial charge in [0.25, 0.3) is 0 Å². The number of nitrogens with one attached hydrogen (secondary N) is 1. The number of hydrogen-bond acceptors (Lipinski definition) is 4. The van der Waals surface area contributed by atoms with Gasteiger partial charge in [-0.15, -0.1) is 0 Å². The molecule has 2 aromatic carbocycles. The van der Waals surface area contributed by atoms with Gasteiger partial charge in [0.15, 0.2) is 0 Å². The highest BCUT2D eigenvalue weighted by Gasteiger charge is 2.16. The second kappa shape index (κ2) is 9.82. The highest BCUT2D eigenvalue weighted by Crippen LogP contribution is 2.20. The lowest BCUT2D eigenvalue weighted by Gasteiger charge is -2.27. The molecule has 0 spiro atoms. The van der Waals surface area contributed by atoms with E-state index in [1.165, 1.54) is 0 Å². The van der Waals surface area contributed by atoms with Crippen LogP contribution in [0.4, 0.5) is 5.69 Å². The number of ether oxygens (including phenoxy) is 1. The van der Waals surface area contributed by atoms with Crippen molar-refractivity contribution >= 4 is 11.6 Å². The Morgan fingerprint density at radius 1 is 1.08 bits per heavy atom. The van der Waals surface area contributed by atoms with Crippen LogP contribution < -0.4 is 15.0 Å². The number of likely N-dealkylation sites (N-methyl/N-ethyl adjacent to an activating group) is 2. The monoisotopic (exact) mass is 355 g/mol. The van der Waals surface area contributed by atoms with E-state index in [2.05, 4.69) is 22.0 Å². The Bertz CT molecular complexity index is 671. The number of nitrogens with zero attached hydrogens (tertiary/aromatic N) is 2. The molecule has 0 fully saturated rings. The maximum absolute atomic E-state index is 12.5. The van der Waals surface area contributed by atoms with Gasteiger partial charge in [0.2, 0.25) is 5.91 Å². The molecule has 1 amide bonds. The molecular weight excluding hydrogens is 326 g/mol. The van der Waals surface area contributed by atoms with Crippen molar-refractivity contribution in [2.45, 2.75) is 13.0 Å². The standard InChI is InChI=1S/C21H29N3O2/c1-5-24(18-9-7-6-8-10-18)16-21(25)22-15-20(23(2)3)17-11-13-19(26-4)14-12-17/h6-14,20H,5,15-16H2,1-4H3,(H,22,25). The summed E-state index contributed by atoms with van der Waals surface area (Å²) >= 11 is 0. The van der Waals surface area contributed by atoms with Crippen molar-refractivity contribution in [3.05, 3.63) is 60.2 Å². The molecule has 0 saturated carbocycles. The molecule has 1 N–H and O–H groups in total. The Morgan fingerprint density at radius 3 is 2.27 bits per heavy atom. The lowest BCUT2D eigenvalue weighted by molar-refractivity contribution is -0.120. The van der Waals surface area contributed by atoms with Gasteiger partial charge in [-0.3, -0.25) is 4.79 Å². The fourth-order valence-electron chi connectivity index (χ4n) is 2.89. The molecule has 1 atom stereocenters. The number of anilines is 1. The minimum Gasteiger partial charge on any atom is -0.497 e. The van der Waals surface area contributed by atoms with Gasteiger partial charge >= 0.3 is 0 Å². The molecule has 5 heteroatoms. The molecule has 140 valence electrons. The van der Waals surface area contributed by atoms with Gasteiger partial charge in [-0.2, -0.15) is 0 Å². The highest BCUT2D eigenvalue weighted by atomic mass is 16.5. The van der Waals surface area contributed by atoms with Crippen molar-refractivity contribution in [3.8, 4) is 5.75 Å². The zero-order valence-corrected chi connectivity index (χ0v) is 16.1. The number of para-hydroxylation sites is 1. The summed E-state index contributed by atoms with van der Waals surface area (Å²) in [7, 11) is 5.69. The number of carbonyl (C=O) groups is 1. The van der Waals surface area contributed by atoms with Crippen molar-refractivity contribution in [2.24, 2.45) is 0 Å². The molecule has 0 radical (unpaired) electrons. The number of rotatable bonds is 9. The van der Waals surface area contributed by atoms with E-state index in [0.29, 0.717) is 13.1 Å². The molecule has 0 aliphatic heterocycles. The molecule has 2 rings (SSSR count). The third-order valence-electron chi connectivity index (χ3n) is 4.45. The summed E-state index contributed by atoms with van der Waals surface area (Å²) in [6.07, 6.45) is 0. The Kier molecular flexibility index (Phi) is 7.48. The van der Waals surface area contributed by atoms with Crippen molar-refractivity contribution in [1.82, 2.24) is 10.2 Å². The molecule has 0 aliphatic rings. The molecule has 2 aromatic rings. The van der Waals surface area contributed by atoms with E-state index in [1.807, 2.05) is 68.7 Å². The molecule has 0 aromatic heterocycles. The van der Waals surface area contributed by atoms with Crippen LogP contribution in [-0.4, -0.2) is 51.6 Å². The third kappa shape index (κ3) is 5.49. The minimum atomic E-state index is 0.0241. The second-order valence-corrected chi connectivity index (χ2v) is 6.41. The number of benzene rings is 2. The molecule has 0 aliphatic carbocycles. The van der Waals surface area contributed by atoms with Crippen LogP contribution in [0.25, 0.3) is 0 Å². The van der Waals surface area contributed by atoms with Crippen LogP contribution >= 0.6 is 0 Å². The van der Waals surface area contributed by atoms with E-state index in [1.54, 1.807) is 7.11 Å². The zero-order chi connectivity index (χ0) is 18.9. The quantitative estimate of drug-likeness (QED) is 0.751. The number of amides is 1. The molecule has 1 unspecified atom stereocenters. The highest BCUT2D eigenvalue weighted by molar-refractivity contribution is 5.81. The van der Waals surface area contributed by atoms with Crippen LogP contribution in [-0.2, 0) is 4.79 Å². The van der Waals surface area contributed by atoms with Crippen molar-refractivity contribution in [1.29, 1.82) is 0 Å². The predicted molar refractivity (Wildman–Crippen MR) is 107 cm³/mol. The summed E-state index contributed by atoms with van der Waals surface area (Å²) in [6, 6.07) is 18.1. The predicted octanol–water partition coefficient (Wildman–Crippen LogP) is 2.94. The van der Waals surface area contributed by atoms with Crippen molar-refractivity contribution in [3.63, 3.8) is 0 Å². The molecule has 0 bridgehead atoms. The lowest BCUT2D eigenvalue weighted by atomic mass is 10.1. The fraction of sp³-hybridized carbons (Fsp3) is 0.381. The van der Waals surface area contributed by atoms with E-state index in [4.69, 9.17) is 4.74 Å². The second-order valence-electron chi connectivity index (χ2n) is 6.41. The average molecular weight is 355 g/mol. The van der Waals surface area contributed by atoms with E-state index in [-0.39, 0.29) is 11.9 Å². The van der Waals surface area contributed by atoms with Crippen LogP contribution in [0.2, 0.25) is 0 Å². The van der Waals surface area contributed by atoms with Gasteiger partial charge in [0.1, 0.15) is 5.75 Å². The number of hydrogen-bond donors (Lipinski definition) is 1. The molecule has 5 nitrogen and oxygen atoms in total. The smallest absolute Gasteiger partial charge is 0.239 e. The first kappa shape index (κ1) is 19.8. The Hall–Kier alpha value is -2.53. The van der Waals surface area contributed by atoms with Gasteiger partial charge in [-0.1, -0.05) is 30.3 Å². The van der Waals surface area contributed by atoms with E-state index in [9.17, 15) is 4.79 Å². The average Bonchev–Trinajstić information content (AvgIpc) is 2.67. The topological polar surface area (TPSA) is 44.8 Å². The number of methoxy groups -OCH3 is 1. The van der Waals surface area contributed by atoms with Crippen LogP contribution in [0.5, 0.6) is 5.75 Å². The van der Waals surface area contributed by atoms with Crippen LogP contribution in [0.15, 0.2) is 54.6 Å². The maximum Gasteiger partial charge on any atom is 0.239 e. The van der Waals surface area contributed by atoms with Crippen molar-refractivity contribution < 1.29 is 9.53 Å². The van der Waals surface area contributed by atoms with Gasteiger partial charge in [-0.25, -0.2) is 0 Å². The van der Waals surface area contributed by atoms with E-state index < -0.39 is 0 Å². The summed E-state index contributed by atoms with van der Waals surface area (Å²) in [5.74, 6) is 0.854. The molecular formula is C21H29N3O2. The third-order valence-corrected chi connectivity index (χ3v) is 4.45. The summed E-state index contributed by atoms with van der Waals surface area (Å²) in [4.78, 5) is 16.6. The van der Waals surface area contributed by atoms with Crippen LogP contribution in [0.1, 0.15) is 18.5 Å². The van der Waals surface area contributed by atoms with Gasteiger partial charge in [0.05, 0.1) is 19.7 Å². The molecule has 0 saturated heterocycles. The first-order chi connectivity index (χ1) is 12.5. The fourth-order valence-corrected chi connectivity index (χ4v) is 2.89. The van der Waals surface area contributed by atoms with Crippen LogP contribution in [0, 0.1) is 0 Å². The van der Waals surface area contributed by atoms with E-state index in [0.717, 1.165) is 23.5 Å². The molecule has 26 heavy (non-hydrogen) atoms. The summed E-state index contributed by atoms with van der Waals surface area (Å²) in [5, 5.41) is 3.07. The normalized spacial score (nSPS) is 11.9. The SMILES string of the molecule is CCN(CC(=O)NCC(c1ccc(OC)cc1)N(C)C)c1ccccc1. The lowest BCUT2D eigenvalue weighted by Crippen LogP contribution is -2.40. The zero-order valence-electron chi connectivity index (χ0n) is 16.1. The van der Waals surface area contributed by atoms with Gasteiger partial charge in [0, 0.05) is 18.8 Å². The van der Waals surface area contributed by atoms with Gasteiger partial charge < -0.3 is 19.9 Å². The Balaban J connectivity index is 1.96. The minimum absolute atomic E-state index is 0.0241. The Morgan fingerprint density at radius 2 is 1.73 bits per heavy atom. The van der Waals surface area contributed by atoms with E-state index >= 15 is 0 Å². The first-order valence-corrected chi connectivity index (χ1v) is 8.92. The van der Waals surface area contributed by atoms with Crippen LogP contribution in [0.3, 0.4) is 0 Å². The summed E-state index contributed by atoms with van der Waals surface area (Å²) in [6.45, 7) is 3.75. The largest absolute Gasteiger partial charge is 0.497 e. The van der Waals surface area contributed by atoms with Crippen molar-refractivity contribution in [2.75, 3.05) is 45.7 Å². The maximum atomic E-state index is 12.5. The summed E-state index contributed by atoms with van der Waals surface area (Å²) in [5.41, 5.74) is 2.20. The number of carbonyl (C=O) groups excluding carboxylic acids is 1. The Labute approximate surface area is 156 Å². The molecule has 0 heterocycles.